The van der Waals surface area contributed by atoms with Gasteiger partial charge in [-0.15, -0.1) is 0 Å². The monoisotopic (exact) mass is 312 g/mol. The van der Waals surface area contributed by atoms with E-state index < -0.39 is 10.0 Å². The first-order valence-corrected chi connectivity index (χ1v) is 8.73. The van der Waals surface area contributed by atoms with E-state index in [1.54, 1.807) is 19.2 Å². The molecule has 0 spiro atoms. The highest BCUT2D eigenvalue weighted by Gasteiger charge is 2.22. The molecule has 1 heterocycles. The zero-order valence-electron chi connectivity index (χ0n) is 12.9. The molecule has 0 radical (unpaired) electrons. The topological polar surface area (TPSA) is 58.6 Å². The zero-order valence-corrected chi connectivity index (χ0v) is 13.7. The lowest BCUT2D eigenvalue weighted by molar-refractivity contribution is 0.190. The molecule has 2 rings (SSSR count). The number of benzene rings is 1. The number of sulfonamides is 1. The third kappa shape index (κ3) is 4.03. The van der Waals surface area contributed by atoms with Crippen LogP contribution in [0.15, 0.2) is 29.2 Å². The van der Waals surface area contributed by atoms with Crippen molar-refractivity contribution in [1.82, 2.24) is 9.62 Å². The predicted molar refractivity (Wildman–Crippen MR) is 82.6 cm³/mol. The van der Waals surface area contributed by atoms with E-state index in [1.807, 2.05) is 26.0 Å². The fourth-order valence-electron chi connectivity index (χ4n) is 2.18. The van der Waals surface area contributed by atoms with E-state index in [4.69, 9.17) is 4.74 Å². The van der Waals surface area contributed by atoms with E-state index >= 15 is 0 Å². The van der Waals surface area contributed by atoms with Crippen LogP contribution in [0.2, 0.25) is 0 Å². The Labute approximate surface area is 127 Å². The van der Waals surface area contributed by atoms with E-state index in [2.05, 4.69) is 5.32 Å². The fourth-order valence-corrected chi connectivity index (χ4v) is 3.55. The van der Waals surface area contributed by atoms with Crippen LogP contribution in [-0.4, -0.2) is 45.1 Å². The lowest BCUT2D eigenvalue weighted by atomic mass is 10.2. The summed E-state index contributed by atoms with van der Waals surface area (Å²) in [7, 11) is -1.79. The maximum Gasteiger partial charge on any atom is 0.243 e. The highest BCUT2D eigenvalue weighted by Crippen LogP contribution is 2.17. The summed E-state index contributed by atoms with van der Waals surface area (Å²) >= 11 is 0. The molecule has 0 aromatic heterocycles. The molecular weight excluding hydrogens is 288 g/mol. The Morgan fingerprint density at radius 1 is 1.33 bits per heavy atom. The number of hydrogen-bond acceptors (Lipinski definition) is 4. The van der Waals surface area contributed by atoms with Crippen molar-refractivity contribution in [2.24, 2.45) is 0 Å². The Kier molecular flexibility index (Phi) is 5.37. The van der Waals surface area contributed by atoms with Crippen molar-refractivity contribution in [1.29, 1.82) is 0 Å². The number of ether oxygens (including phenoxy) is 1. The molecule has 1 saturated heterocycles. The van der Waals surface area contributed by atoms with Gasteiger partial charge in [-0.05, 0) is 38.0 Å². The zero-order chi connectivity index (χ0) is 15.5. The second-order valence-electron chi connectivity index (χ2n) is 5.70. The van der Waals surface area contributed by atoms with E-state index in [-0.39, 0.29) is 6.04 Å². The Balaban J connectivity index is 2.01. The van der Waals surface area contributed by atoms with Gasteiger partial charge in [0, 0.05) is 32.3 Å². The molecule has 6 heteroatoms. The Morgan fingerprint density at radius 2 is 2.00 bits per heavy atom. The molecule has 5 nitrogen and oxygen atoms in total. The average Bonchev–Trinajstić information content (AvgIpc) is 2.98. The molecule has 0 aliphatic carbocycles. The summed E-state index contributed by atoms with van der Waals surface area (Å²) in [4.78, 5) is 0.339. The lowest BCUT2D eigenvalue weighted by Gasteiger charge is -2.21. The molecule has 21 heavy (non-hydrogen) atoms. The molecule has 1 atom stereocenters. The van der Waals surface area contributed by atoms with Gasteiger partial charge in [0.2, 0.25) is 10.0 Å². The quantitative estimate of drug-likeness (QED) is 0.867. The normalized spacial score (nSPS) is 19.6. The van der Waals surface area contributed by atoms with Gasteiger partial charge in [0.05, 0.1) is 11.5 Å². The van der Waals surface area contributed by atoms with Crippen molar-refractivity contribution < 1.29 is 13.2 Å². The van der Waals surface area contributed by atoms with Crippen molar-refractivity contribution in [3.63, 3.8) is 0 Å². The van der Waals surface area contributed by atoms with Gasteiger partial charge in [-0.2, -0.15) is 4.31 Å². The molecule has 1 N–H and O–H groups in total. The van der Waals surface area contributed by atoms with Gasteiger partial charge in [0.25, 0.3) is 0 Å². The van der Waals surface area contributed by atoms with Crippen LogP contribution in [0.4, 0.5) is 0 Å². The molecule has 1 aliphatic heterocycles. The highest BCUT2D eigenvalue weighted by molar-refractivity contribution is 7.89. The van der Waals surface area contributed by atoms with Crippen LogP contribution in [0.5, 0.6) is 0 Å². The molecule has 1 aliphatic rings. The summed E-state index contributed by atoms with van der Waals surface area (Å²) in [6, 6.07) is 7.43. The molecule has 1 unspecified atom stereocenters. The van der Waals surface area contributed by atoms with Crippen molar-refractivity contribution in [2.75, 3.05) is 20.3 Å². The van der Waals surface area contributed by atoms with Crippen molar-refractivity contribution >= 4 is 10.0 Å². The first kappa shape index (κ1) is 16.4. The Bertz CT molecular complexity index is 549. The van der Waals surface area contributed by atoms with Crippen LogP contribution in [-0.2, 0) is 21.3 Å². The maximum atomic E-state index is 12.3. The van der Waals surface area contributed by atoms with Gasteiger partial charge in [-0.25, -0.2) is 8.42 Å². The summed E-state index contributed by atoms with van der Waals surface area (Å²) in [5.41, 5.74) is 1.08. The fraction of sp³-hybridized carbons (Fsp3) is 0.600. The van der Waals surface area contributed by atoms with Crippen LogP contribution in [0, 0.1) is 0 Å². The second kappa shape index (κ2) is 6.87. The standard InChI is InChI=1S/C15H24N2O3S/c1-12(2)17(3)21(18,19)15-6-4-13(5-7-15)10-16-14-8-9-20-11-14/h4-7,12,14,16H,8-11H2,1-3H3. The van der Waals surface area contributed by atoms with Gasteiger partial charge in [0.15, 0.2) is 0 Å². The summed E-state index contributed by atoms with van der Waals surface area (Å²) in [5.74, 6) is 0. The lowest BCUT2D eigenvalue weighted by Crippen LogP contribution is -2.33. The smallest absolute Gasteiger partial charge is 0.243 e. The summed E-state index contributed by atoms with van der Waals surface area (Å²) < 4.78 is 31.4. The van der Waals surface area contributed by atoms with Crippen LogP contribution in [0.3, 0.4) is 0 Å². The summed E-state index contributed by atoms with van der Waals surface area (Å²) in [6.45, 7) is 6.02. The molecule has 1 aromatic rings. The first-order chi connectivity index (χ1) is 9.91. The number of nitrogens with zero attached hydrogens (tertiary/aromatic N) is 1. The van der Waals surface area contributed by atoms with Gasteiger partial charge < -0.3 is 10.1 Å². The highest BCUT2D eigenvalue weighted by atomic mass is 32.2. The van der Waals surface area contributed by atoms with Gasteiger partial charge in [-0.3, -0.25) is 0 Å². The minimum atomic E-state index is -3.39. The van der Waals surface area contributed by atoms with E-state index in [0.717, 1.165) is 31.7 Å². The molecule has 0 bridgehead atoms. The first-order valence-electron chi connectivity index (χ1n) is 7.29. The molecule has 0 saturated carbocycles. The van der Waals surface area contributed by atoms with Crippen molar-refractivity contribution in [3.05, 3.63) is 29.8 Å². The van der Waals surface area contributed by atoms with Crippen LogP contribution in [0.1, 0.15) is 25.8 Å². The van der Waals surface area contributed by atoms with E-state index in [9.17, 15) is 8.42 Å². The minimum Gasteiger partial charge on any atom is -0.380 e. The van der Waals surface area contributed by atoms with Gasteiger partial charge >= 0.3 is 0 Å². The van der Waals surface area contributed by atoms with Crippen molar-refractivity contribution in [3.8, 4) is 0 Å². The average molecular weight is 312 g/mol. The third-order valence-corrected chi connectivity index (χ3v) is 5.90. The van der Waals surface area contributed by atoms with E-state index in [0.29, 0.717) is 10.9 Å². The van der Waals surface area contributed by atoms with Crippen LogP contribution >= 0.6 is 0 Å². The summed E-state index contributed by atoms with van der Waals surface area (Å²) in [6.07, 6.45) is 1.03. The molecule has 0 amide bonds. The summed E-state index contributed by atoms with van der Waals surface area (Å²) in [5, 5.41) is 3.41. The SMILES string of the molecule is CC(C)N(C)S(=O)(=O)c1ccc(CNC2CCOC2)cc1. The van der Waals surface area contributed by atoms with Crippen molar-refractivity contribution in [2.45, 2.75) is 43.8 Å². The van der Waals surface area contributed by atoms with Crippen LogP contribution < -0.4 is 5.32 Å². The molecule has 1 aromatic carbocycles. The van der Waals surface area contributed by atoms with Gasteiger partial charge in [0.1, 0.15) is 0 Å². The van der Waals surface area contributed by atoms with Gasteiger partial charge in [-0.1, -0.05) is 12.1 Å². The Hall–Kier alpha value is -0.950. The molecule has 1 fully saturated rings. The molecular formula is C15H24N2O3S. The number of nitrogens with one attached hydrogen (secondary N) is 1. The minimum absolute atomic E-state index is 0.0568. The largest absolute Gasteiger partial charge is 0.380 e. The predicted octanol–water partition coefficient (Wildman–Crippen LogP) is 1.59. The Morgan fingerprint density at radius 3 is 2.52 bits per heavy atom. The van der Waals surface area contributed by atoms with Crippen LogP contribution in [0.25, 0.3) is 0 Å². The third-order valence-electron chi connectivity index (χ3n) is 3.85. The second-order valence-corrected chi connectivity index (χ2v) is 7.70. The maximum absolute atomic E-state index is 12.3. The van der Waals surface area contributed by atoms with E-state index in [1.165, 1.54) is 4.31 Å². The number of rotatable bonds is 6. The number of hydrogen-bond donors (Lipinski definition) is 1. The molecule has 118 valence electrons.